The highest BCUT2D eigenvalue weighted by atomic mass is 32.1. The van der Waals surface area contributed by atoms with Crippen molar-refractivity contribution in [3.8, 4) is 0 Å². The van der Waals surface area contributed by atoms with Gasteiger partial charge in [-0.25, -0.2) is 19.3 Å². The number of aromatic nitrogens is 4. The van der Waals surface area contributed by atoms with Crippen molar-refractivity contribution in [2.24, 2.45) is 0 Å². The Morgan fingerprint density at radius 2 is 2.26 bits per heavy atom. The minimum absolute atomic E-state index is 0.0651. The Hall–Kier alpha value is -2.19. The van der Waals surface area contributed by atoms with Gasteiger partial charge in [-0.05, 0) is 31.0 Å². The summed E-state index contributed by atoms with van der Waals surface area (Å²) in [6.07, 6.45) is 3.56. The number of hydrogen-bond donors (Lipinski definition) is 2. The smallest absolute Gasteiger partial charge is 0.188 e. The van der Waals surface area contributed by atoms with Crippen LogP contribution in [0.15, 0.2) is 35.7 Å². The fraction of sp³-hybridized carbons (Fsp3) is 0.267. The van der Waals surface area contributed by atoms with Gasteiger partial charge in [0, 0.05) is 12.3 Å². The molecule has 1 saturated heterocycles. The molecular weight excluding hydrogens is 317 g/mol. The number of halogens is 1. The third-order valence-corrected chi connectivity index (χ3v) is 3.91. The van der Waals surface area contributed by atoms with Crippen molar-refractivity contribution in [3.05, 3.63) is 36.4 Å². The molecule has 1 N–H and O–H groups in total. The molecule has 3 heterocycles. The predicted molar refractivity (Wildman–Crippen MR) is 86.5 cm³/mol. The van der Waals surface area contributed by atoms with Crippen molar-refractivity contribution < 1.29 is 9.13 Å². The van der Waals surface area contributed by atoms with Crippen LogP contribution in [0.3, 0.4) is 0 Å². The second-order valence-electron chi connectivity index (χ2n) is 5.30. The van der Waals surface area contributed by atoms with Gasteiger partial charge in [0.05, 0.1) is 6.33 Å². The summed E-state index contributed by atoms with van der Waals surface area (Å²) in [7, 11) is 0. The fourth-order valence-electron chi connectivity index (χ4n) is 2.69. The maximum absolute atomic E-state index is 13.3. The van der Waals surface area contributed by atoms with Crippen LogP contribution in [0.5, 0.6) is 0 Å². The first kappa shape index (κ1) is 14.4. The van der Waals surface area contributed by atoms with E-state index in [4.69, 9.17) is 4.74 Å². The molecule has 2 aromatic heterocycles. The lowest BCUT2D eigenvalue weighted by Crippen LogP contribution is -2.07. The van der Waals surface area contributed by atoms with Crippen LogP contribution in [0, 0.1) is 5.82 Å². The average molecular weight is 331 g/mol. The van der Waals surface area contributed by atoms with E-state index in [2.05, 4.69) is 32.9 Å². The lowest BCUT2D eigenvalue weighted by molar-refractivity contribution is 0.0592. The zero-order valence-electron chi connectivity index (χ0n) is 12.1. The summed E-state index contributed by atoms with van der Waals surface area (Å²) in [6, 6.07) is 6.16. The molecule has 1 fully saturated rings. The highest BCUT2D eigenvalue weighted by Gasteiger charge is 2.22. The summed E-state index contributed by atoms with van der Waals surface area (Å²) >= 11 is 4.26. The molecule has 8 heteroatoms. The minimum Gasteiger partial charge on any atom is -0.358 e. The molecule has 0 radical (unpaired) electrons. The first-order chi connectivity index (χ1) is 11.2. The van der Waals surface area contributed by atoms with Gasteiger partial charge >= 0.3 is 0 Å². The molecule has 1 aromatic carbocycles. The van der Waals surface area contributed by atoms with E-state index in [9.17, 15) is 4.39 Å². The van der Waals surface area contributed by atoms with E-state index in [1.165, 1.54) is 12.1 Å². The summed E-state index contributed by atoms with van der Waals surface area (Å²) in [5, 5.41) is 3.39. The van der Waals surface area contributed by atoms with Crippen molar-refractivity contribution in [1.82, 2.24) is 19.5 Å². The lowest BCUT2D eigenvalue weighted by Gasteiger charge is -2.12. The van der Waals surface area contributed by atoms with Crippen LogP contribution in [0.2, 0.25) is 0 Å². The molecule has 23 heavy (non-hydrogen) atoms. The number of fused-ring (bicyclic) bond motifs is 1. The second kappa shape index (κ2) is 5.78. The van der Waals surface area contributed by atoms with Crippen molar-refractivity contribution in [1.29, 1.82) is 0 Å². The highest BCUT2D eigenvalue weighted by molar-refractivity contribution is 7.80. The van der Waals surface area contributed by atoms with Gasteiger partial charge in [-0.3, -0.25) is 4.57 Å². The van der Waals surface area contributed by atoms with Gasteiger partial charge in [0.25, 0.3) is 0 Å². The molecule has 0 spiro atoms. The Morgan fingerprint density at radius 1 is 1.35 bits per heavy atom. The SMILES string of the molecule is Fc1cccc(Nc2nc(S)nc3c2ncn3C2CCCO2)c1. The monoisotopic (exact) mass is 331 g/mol. The number of thiol groups is 1. The van der Waals surface area contributed by atoms with Crippen LogP contribution in [0.25, 0.3) is 11.2 Å². The molecule has 0 saturated carbocycles. The van der Waals surface area contributed by atoms with Gasteiger partial charge in [0.15, 0.2) is 22.1 Å². The van der Waals surface area contributed by atoms with Gasteiger partial charge in [-0.15, -0.1) is 12.6 Å². The van der Waals surface area contributed by atoms with Crippen LogP contribution in [-0.2, 0) is 4.74 Å². The van der Waals surface area contributed by atoms with Crippen LogP contribution >= 0.6 is 12.6 Å². The van der Waals surface area contributed by atoms with Gasteiger partial charge < -0.3 is 10.1 Å². The van der Waals surface area contributed by atoms with Crippen LogP contribution < -0.4 is 5.32 Å². The number of anilines is 2. The quantitative estimate of drug-likeness (QED) is 0.569. The first-order valence-electron chi connectivity index (χ1n) is 7.28. The van der Waals surface area contributed by atoms with Crippen LogP contribution in [0.1, 0.15) is 19.1 Å². The zero-order chi connectivity index (χ0) is 15.8. The number of nitrogens with zero attached hydrogens (tertiary/aromatic N) is 4. The Balaban J connectivity index is 1.77. The molecular formula is C15H14FN5OS. The van der Waals surface area contributed by atoms with Gasteiger partial charge in [0.2, 0.25) is 0 Å². The molecule has 1 aliphatic heterocycles. The highest BCUT2D eigenvalue weighted by Crippen LogP contribution is 2.29. The number of nitrogens with one attached hydrogen (secondary N) is 1. The van der Waals surface area contributed by atoms with Gasteiger partial charge in [0.1, 0.15) is 12.0 Å². The maximum Gasteiger partial charge on any atom is 0.188 e. The molecule has 1 atom stereocenters. The third-order valence-electron chi connectivity index (χ3n) is 3.71. The van der Waals surface area contributed by atoms with E-state index < -0.39 is 0 Å². The standard InChI is InChI=1S/C15H14FN5OS/c16-9-3-1-4-10(7-9)18-13-12-14(20-15(23)19-13)21(8-17-12)11-5-2-6-22-11/h1,3-4,7-8,11H,2,5-6H2,(H2,18,19,20,23). The molecule has 0 amide bonds. The average Bonchev–Trinajstić information content (AvgIpc) is 3.15. The number of benzene rings is 1. The normalized spacial score (nSPS) is 17.7. The minimum atomic E-state index is -0.323. The first-order valence-corrected chi connectivity index (χ1v) is 7.73. The van der Waals surface area contributed by atoms with Gasteiger partial charge in [-0.2, -0.15) is 0 Å². The summed E-state index contributed by atoms with van der Waals surface area (Å²) in [4.78, 5) is 13.0. The largest absolute Gasteiger partial charge is 0.358 e. The fourth-order valence-corrected chi connectivity index (χ4v) is 2.88. The van der Waals surface area contributed by atoms with Crippen molar-refractivity contribution in [2.75, 3.05) is 11.9 Å². The number of imidazole rings is 1. The molecule has 0 aliphatic carbocycles. The Kier molecular flexibility index (Phi) is 3.62. The second-order valence-corrected chi connectivity index (χ2v) is 5.70. The summed E-state index contributed by atoms with van der Waals surface area (Å²) in [5.74, 6) is 0.165. The maximum atomic E-state index is 13.3. The topological polar surface area (TPSA) is 64.9 Å². The molecule has 118 valence electrons. The molecule has 1 aliphatic rings. The van der Waals surface area contributed by atoms with E-state index in [0.29, 0.717) is 27.8 Å². The predicted octanol–water partition coefficient (Wildman–Crippen LogP) is 3.31. The molecule has 0 bridgehead atoms. The lowest BCUT2D eigenvalue weighted by atomic mass is 10.3. The third kappa shape index (κ3) is 2.75. The van der Waals surface area contributed by atoms with Crippen LogP contribution in [-0.4, -0.2) is 26.1 Å². The molecule has 6 nitrogen and oxygen atoms in total. The summed E-state index contributed by atoms with van der Waals surface area (Å²) in [6.45, 7) is 0.734. The molecule has 1 unspecified atom stereocenters. The summed E-state index contributed by atoms with van der Waals surface area (Å²) in [5.41, 5.74) is 1.84. The van der Waals surface area contributed by atoms with Crippen LogP contribution in [0.4, 0.5) is 15.9 Å². The number of rotatable bonds is 3. The summed E-state index contributed by atoms with van der Waals surface area (Å²) < 4.78 is 20.9. The number of ether oxygens (including phenoxy) is 1. The number of hydrogen-bond acceptors (Lipinski definition) is 6. The van der Waals surface area contributed by atoms with E-state index >= 15 is 0 Å². The van der Waals surface area contributed by atoms with Gasteiger partial charge in [-0.1, -0.05) is 6.07 Å². The Morgan fingerprint density at radius 3 is 3.04 bits per heavy atom. The Labute approximate surface area is 137 Å². The van der Waals surface area contributed by atoms with E-state index in [-0.39, 0.29) is 12.0 Å². The van der Waals surface area contributed by atoms with Crippen molar-refractivity contribution >= 4 is 35.3 Å². The van der Waals surface area contributed by atoms with E-state index in [1.54, 1.807) is 18.5 Å². The Bertz CT molecular complexity index is 862. The van der Waals surface area contributed by atoms with E-state index in [0.717, 1.165) is 19.4 Å². The molecule has 3 aromatic rings. The molecule has 4 rings (SSSR count). The van der Waals surface area contributed by atoms with Crippen molar-refractivity contribution in [2.45, 2.75) is 24.2 Å². The van der Waals surface area contributed by atoms with E-state index in [1.807, 2.05) is 4.57 Å². The van der Waals surface area contributed by atoms with Crippen molar-refractivity contribution in [3.63, 3.8) is 0 Å². The zero-order valence-corrected chi connectivity index (χ0v) is 13.0.